The Bertz CT molecular complexity index is 394. The van der Waals surface area contributed by atoms with Crippen LogP contribution in [0.15, 0.2) is 22.7 Å². The minimum atomic E-state index is -0.179. The summed E-state index contributed by atoms with van der Waals surface area (Å²) in [7, 11) is 0. The quantitative estimate of drug-likeness (QED) is 0.828. The van der Waals surface area contributed by atoms with Gasteiger partial charge in [-0.3, -0.25) is 0 Å². The summed E-state index contributed by atoms with van der Waals surface area (Å²) in [6.07, 6.45) is 7.47. The second kappa shape index (κ2) is 6.67. The zero-order chi connectivity index (χ0) is 13.0. The van der Waals surface area contributed by atoms with Crippen molar-refractivity contribution in [1.29, 1.82) is 0 Å². The highest BCUT2D eigenvalue weighted by Crippen LogP contribution is 2.32. The summed E-state index contributed by atoms with van der Waals surface area (Å²) in [5.74, 6) is 1.10. The first-order chi connectivity index (χ1) is 8.70. The monoisotopic (exact) mass is 313 g/mol. The van der Waals surface area contributed by atoms with Crippen LogP contribution in [0.2, 0.25) is 0 Å². The van der Waals surface area contributed by atoms with Crippen molar-refractivity contribution in [1.82, 2.24) is 0 Å². The van der Waals surface area contributed by atoms with E-state index in [2.05, 4.69) is 15.9 Å². The molecule has 0 heterocycles. The van der Waals surface area contributed by atoms with E-state index < -0.39 is 0 Å². The van der Waals surface area contributed by atoms with Crippen LogP contribution in [-0.2, 0) is 6.42 Å². The van der Waals surface area contributed by atoms with Gasteiger partial charge >= 0.3 is 0 Å². The van der Waals surface area contributed by atoms with Crippen LogP contribution in [0.4, 0.5) is 4.39 Å². The molecule has 1 aromatic rings. The van der Waals surface area contributed by atoms with Crippen molar-refractivity contribution >= 4 is 15.9 Å². The lowest BCUT2D eigenvalue weighted by molar-refractivity contribution is 0.318. The van der Waals surface area contributed by atoms with Crippen molar-refractivity contribution in [3.8, 4) is 0 Å². The molecule has 0 saturated heterocycles. The van der Waals surface area contributed by atoms with Crippen molar-refractivity contribution in [2.24, 2.45) is 17.6 Å². The normalized spacial score (nSPS) is 24.8. The predicted octanol–water partition coefficient (Wildman–Crippen LogP) is 4.29. The Balaban J connectivity index is 2.10. The molecular formula is C15H21BrFN. The fourth-order valence-corrected chi connectivity index (χ4v) is 3.52. The highest BCUT2D eigenvalue weighted by atomic mass is 79.9. The van der Waals surface area contributed by atoms with Gasteiger partial charge in [0.25, 0.3) is 0 Å². The second-order valence-electron chi connectivity index (χ2n) is 5.33. The molecule has 100 valence electrons. The average Bonchev–Trinajstić information content (AvgIpc) is 2.57. The van der Waals surface area contributed by atoms with E-state index in [9.17, 15) is 4.39 Å². The maximum Gasteiger partial charge on any atom is 0.124 e. The number of halogens is 2. The lowest BCUT2D eigenvalue weighted by Crippen LogP contribution is -2.24. The Kier molecular flexibility index (Phi) is 5.19. The van der Waals surface area contributed by atoms with Gasteiger partial charge in [-0.25, -0.2) is 4.39 Å². The molecular weight excluding hydrogens is 293 g/mol. The largest absolute Gasteiger partial charge is 0.330 e. The molecule has 1 fully saturated rings. The zero-order valence-electron chi connectivity index (χ0n) is 10.7. The van der Waals surface area contributed by atoms with Crippen LogP contribution < -0.4 is 5.73 Å². The molecule has 0 radical (unpaired) electrons. The van der Waals surface area contributed by atoms with Crippen LogP contribution in [0.25, 0.3) is 0 Å². The molecule has 0 bridgehead atoms. The molecule has 2 rings (SSSR count). The highest BCUT2D eigenvalue weighted by Gasteiger charge is 2.23. The smallest absolute Gasteiger partial charge is 0.124 e. The minimum Gasteiger partial charge on any atom is -0.330 e. The van der Waals surface area contributed by atoms with E-state index in [1.165, 1.54) is 37.7 Å². The first kappa shape index (κ1) is 14.0. The van der Waals surface area contributed by atoms with Crippen LogP contribution in [0, 0.1) is 17.7 Å². The van der Waals surface area contributed by atoms with E-state index >= 15 is 0 Å². The number of nitrogens with two attached hydrogens (primary N) is 1. The van der Waals surface area contributed by atoms with Crippen molar-refractivity contribution in [2.45, 2.75) is 38.5 Å². The molecule has 1 nitrogen and oxygen atoms in total. The number of hydrogen-bond donors (Lipinski definition) is 1. The van der Waals surface area contributed by atoms with Gasteiger partial charge in [-0.1, -0.05) is 41.3 Å². The van der Waals surface area contributed by atoms with Crippen molar-refractivity contribution in [3.05, 3.63) is 34.1 Å². The topological polar surface area (TPSA) is 26.0 Å². The summed E-state index contributed by atoms with van der Waals surface area (Å²) < 4.78 is 14.0. The van der Waals surface area contributed by atoms with Crippen LogP contribution in [0.1, 0.15) is 37.7 Å². The zero-order valence-corrected chi connectivity index (χ0v) is 12.3. The SMILES string of the molecule is NCC1CCCCCC1Cc1ccc(F)cc1Br. The van der Waals surface area contributed by atoms with E-state index in [4.69, 9.17) is 5.73 Å². The van der Waals surface area contributed by atoms with E-state index in [1.54, 1.807) is 12.1 Å². The van der Waals surface area contributed by atoms with Crippen LogP contribution in [-0.4, -0.2) is 6.54 Å². The summed E-state index contributed by atoms with van der Waals surface area (Å²) in [4.78, 5) is 0. The molecule has 1 aliphatic carbocycles. The standard InChI is InChI=1S/C15H21BrFN/c16-15-9-14(17)7-6-12(15)8-11-4-2-1-3-5-13(11)10-18/h6-7,9,11,13H,1-5,8,10,18H2. The van der Waals surface area contributed by atoms with Crippen LogP contribution in [0.3, 0.4) is 0 Å². The summed E-state index contributed by atoms with van der Waals surface area (Å²) in [6.45, 7) is 0.781. The molecule has 3 heteroatoms. The van der Waals surface area contributed by atoms with Crippen molar-refractivity contribution in [2.75, 3.05) is 6.54 Å². The number of hydrogen-bond acceptors (Lipinski definition) is 1. The first-order valence-corrected chi connectivity index (χ1v) is 7.64. The predicted molar refractivity (Wildman–Crippen MR) is 76.9 cm³/mol. The molecule has 18 heavy (non-hydrogen) atoms. The van der Waals surface area contributed by atoms with Gasteiger partial charge < -0.3 is 5.73 Å². The van der Waals surface area contributed by atoms with Gasteiger partial charge in [0.15, 0.2) is 0 Å². The number of benzene rings is 1. The van der Waals surface area contributed by atoms with Crippen LogP contribution >= 0.6 is 15.9 Å². The third-order valence-electron chi connectivity index (χ3n) is 4.12. The maximum absolute atomic E-state index is 13.1. The van der Waals surface area contributed by atoms with E-state index in [0.717, 1.165) is 17.4 Å². The van der Waals surface area contributed by atoms with E-state index in [1.807, 2.05) is 6.07 Å². The molecule has 0 amide bonds. The number of rotatable bonds is 3. The molecule has 0 spiro atoms. The Labute approximate surface area is 117 Å². The van der Waals surface area contributed by atoms with Crippen LogP contribution in [0.5, 0.6) is 0 Å². The van der Waals surface area contributed by atoms with Gasteiger partial charge in [0.2, 0.25) is 0 Å². The summed E-state index contributed by atoms with van der Waals surface area (Å²) in [5, 5.41) is 0. The molecule has 0 aromatic heterocycles. The summed E-state index contributed by atoms with van der Waals surface area (Å²) in [6, 6.07) is 5.01. The highest BCUT2D eigenvalue weighted by molar-refractivity contribution is 9.10. The van der Waals surface area contributed by atoms with Gasteiger partial charge in [-0.2, -0.15) is 0 Å². The third-order valence-corrected chi connectivity index (χ3v) is 4.85. The third kappa shape index (κ3) is 3.55. The van der Waals surface area contributed by atoms with Gasteiger partial charge in [-0.05, 0) is 55.3 Å². The lowest BCUT2D eigenvalue weighted by Gasteiger charge is -2.24. The average molecular weight is 314 g/mol. The molecule has 1 aliphatic rings. The molecule has 0 aliphatic heterocycles. The Morgan fingerprint density at radius 1 is 1.17 bits per heavy atom. The van der Waals surface area contributed by atoms with E-state index in [-0.39, 0.29) is 5.82 Å². The molecule has 1 saturated carbocycles. The Hall–Kier alpha value is -0.410. The van der Waals surface area contributed by atoms with E-state index in [0.29, 0.717) is 11.8 Å². The Morgan fingerprint density at radius 3 is 2.56 bits per heavy atom. The molecule has 2 N–H and O–H groups in total. The first-order valence-electron chi connectivity index (χ1n) is 6.84. The fourth-order valence-electron chi connectivity index (χ4n) is 3.01. The molecule has 2 unspecified atom stereocenters. The second-order valence-corrected chi connectivity index (χ2v) is 6.19. The Morgan fingerprint density at radius 2 is 1.89 bits per heavy atom. The van der Waals surface area contributed by atoms with Crippen molar-refractivity contribution < 1.29 is 4.39 Å². The molecule has 2 atom stereocenters. The fraction of sp³-hybridized carbons (Fsp3) is 0.600. The van der Waals surface area contributed by atoms with Gasteiger partial charge in [0.05, 0.1) is 0 Å². The summed E-state index contributed by atoms with van der Waals surface area (Å²) >= 11 is 3.46. The van der Waals surface area contributed by atoms with Gasteiger partial charge in [0, 0.05) is 4.47 Å². The van der Waals surface area contributed by atoms with Gasteiger partial charge in [-0.15, -0.1) is 0 Å². The minimum absolute atomic E-state index is 0.179. The van der Waals surface area contributed by atoms with Crippen molar-refractivity contribution in [3.63, 3.8) is 0 Å². The maximum atomic E-state index is 13.1. The van der Waals surface area contributed by atoms with Gasteiger partial charge in [0.1, 0.15) is 5.82 Å². The molecule has 1 aromatic carbocycles. The summed E-state index contributed by atoms with van der Waals surface area (Å²) in [5.41, 5.74) is 7.12. The lowest BCUT2D eigenvalue weighted by atomic mass is 9.83.